The van der Waals surface area contributed by atoms with E-state index >= 15 is 0 Å². The van der Waals surface area contributed by atoms with Gasteiger partial charge in [0, 0.05) is 28.9 Å². The SMILES string of the molecule is Cc1cc(F)cc(-c2nccc3[nH]c(-c4n[nH]c5cnc(-c6cncc(O)c6)cc45)nc23)c1. The summed E-state index contributed by atoms with van der Waals surface area (Å²) in [6.45, 7) is 1.84. The summed E-state index contributed by atoms with van der Waals surface area (Å²) in [6.07, 6.45) is 6.34. The van der Waals surface area contributed by atoms with Crippen LogP contribution in [0.1, 0.15) is 5.56 Å². The number of nitrogens with zero attached hydrogens (tertiary/aromatic N) is 5. The largest absolute Gasteiger partial charge is 0.506 e. The average molecular weight is 437 g/mol. The molecule has 3 N–H and O–H groups in total. The Morgan fingerprint density at radius 1 is 0.909 bits per heavy atom. The van der Waals surface area contributed by atoms with Crippen molar-refractivity contribution in [3.05, 3.63) is 72.6 Å². The topological polar surface area (TPSA) is 116 Å². The van der Waals surface area contributed by atoms with E-state index in [2.05, 4.69) is 30.1 Å². The van der Waals surface area contributed by atoms with E-state index in [0.717, 1.165) is 22.0 Å². The van der Waals surface area contributed by atoms with Crippen LogP contribution in [0, 0.1) is 12.7 Å². The summed E-state index contributed by atoms with van der Waals surface area (Å²) in [5.41, 5.74) is 6.11. The molecular formula is C24H16FN7O. The molecule has 0 unspecified atom stereocenters. The van der Waals surface area contributed by atoms with Crippen molar-refractivity contribution in [1.29, 1.82) is 0 Å². The predicted molar refractivity (Wildman–Crippen MR) is 122 cm³/mol. The van der Waals surface area contributed by atoms with E-state index in [4.69, 9.17) is 4.98 Å². The number of H-pyrrole nitrogens is 2. The first-order valence-corrected chi connectivity index (χ1v) is 10.2. The van der Waals surface area contributed by atoms with Crippen LogP contribution in [-0.4, -0.2) is 40.2 Å². The summed E-state index contributed by atoms with van der Waals surface area (Å²) in [6, 6.07) is 10.1. The van der Waals surface area contributed by atoms with Gasteiger partial charge in [0.15, 0.2) is 5.82 Å². The van der Waals surface area contributed by atoms with Crippen LogP contribution in [0.25, 0.3) is 56.0 Å². The molecule has 5 heterocycles. The van der Waals surface area contributed by atoms with Crippen LogP contribution in [-0.2, 0) is 0 Å². The second-order valence-electron chi connectivity index (χ2n) is 7.78. The van der Waals surface area contributed by atoms with Crippen LogP contribution in [0.15, 0.2) is 61.2 Å². The molecule has 1 aromatic carbocycles. The quantitative estimate of drug-likeness (QED) is 0.367. The second kappa shape index (κ2) is 7.20. The molecule has 0 radical (unpaired) electrons. The Morgan fingerprint density at radius 2 is 1.82 bits per heavy atom. The number of hydrogen-bond acceptors (Lipinski definition) is 6. The smallest absolute Gasteiger partial charge is 0.159 e. The number of halogens is 1. The zero-order valence-electron chi connectivity index (χ0n) is 17.3. The van der Waals surface area contributed by atoms with Crippen molar-refractivity contribution < 1.29 is 9.50 Å². The molecule has 0 atom stereocenters. The van der Waals surface area contributed by atoms with Crippen LogP contribution < -0.4 is 0 Å². The number of aromatic hydroxyl groups is 1. The molecule has 6 aromatic rings. The Morgan fingerprint density at radius 3 is 2.67 bits per heavy atom. The molecule has 0 amide bonds. The van der Waals surface area contributed by atoms with Crippen molar-refractivity contribution in [3.63, 3.8) is 0 Å². The Labute approximate surface area is 186 Å². The van der Waals surface area contributed by atoms with E-state index in [9.17, 15) is 9.50 Å². The lowest BCUT2D eigenvalue weighted by Crippen LogP contribution is -1.88. The van der Waals surface area contributed by atoms with E-state index in [1.165, 1.54) is 18.3 Å². The molecule has 0 aliphatic rings. The zero-order valence-corrected chi connectivity index (χ0v) is 17.3. The number of fused-ring (bicyclic) bond motifs is 2. The van der Waals surface area contributed by atoms with E-state index in [-0.39, 0.29) is 11.6 Å². The second-order valence-corrected chi connectivity index (χ2v) is 7.78. The number of aromatic nitrogens is 7. The highest BCUT2D eigenvalue weighted by Gasteiger charge is 2.17. The molecule has 0 aliphatic heterocycles. The zero-order chi connectivity index (χ0) is 22.5. The van der Waals surface area contributed by atoms with Gasteiger partial charge in [0.1, 0.15) is 22.8 Å². The fourth-order valence-corrected chi connectivity index (χ4v) is 3.95. The van der Waals surface area contributed by atoms with Gasteiger partial charge in [-0.2, -0.15) is 5.10 Å². The number of imidazole rings is 1. The van der Waals surface area contributed by atoms with Crippen molar-refractivity contribution in [2.24, 2.45) is 0 Å². The first kappa shape index (κ1) is 19.1. The Bertz CT molecular complexity index is 1650. The number of aromatic amines is 2. The fraction of sp³-hybridized carbons (Fsp3) is 0.0417. The number of hydrogen-bond donors (Lipinski definition) is 3. The summed E-state index contributed by atoms with van der Waals surface area (Å²) >= 11 is 0. The number of rotatable bonds is 3. The molecular weight excluding hydrogens is 421 g/mol. The maximum atomic E-state index is 14.0. The van der Waals surface area contributed by atoms with E-state index in [1.54, 1.807) is 24.7 Å². The molecule has 6 rings (SSSR count). The van der Waals surface area contributed by atoms with Gasteiger partial charge >= 0.3 is 0 Å². The minimum atomic E-state index is -0.320. The van der Waals surface area contributed by atoms with Crippen molar-refractivity contribution in [2.45, 2.75) is 6.92 Å². The van der Waals surface area contributed by atoms with Gasteiger partial charge in [-0.25, -0.2) is 9.37 Å². The van der Waals surface area contributed by atoms with Gasteiger partial charge in [0.05, 0.1) is 34.8 Å². The van der Waals surface area contributed by atoms with Gasteiger partial charge in [-0.15, -0.1) is 0 Å². The number of pyridine rings is 3. The first-order chi connectivity index (χ1) is 16.0. The Balaban J connectivity index is 1.51. The van der Waals surface area contributed by atoms with E-state index < -0.39 is 0 Å². The maximum absolute atomic E-state index is 14.0. The standard InChI is InChI=1S/C24H16FN7O/c1-12-4-13(6-15(25)5-12)21-23-18(2-3-27-21)29-24(30-23)22-17-8-19(28-11-20(17)31-32-22)14-7-16(33)10-26-9-14/h2-11,33H,1H3,(H,29,30)(H,31,32). The number of benzene rings is 1. The summed E-state index contributed by atoms with van der Waals surface area (Å²) in [5.74, 6) is 0.288. The summed E-state index contributed by atoms with van der Waals surface area (Å²) in [7, 11) is 0. The highest BCUT2D eigenvalue weighted by molar-refractivity contribution is 5.96. The van der Waals surface area contributed by atoms with Crippen molar-refractivity contribution >= 4 is 21.9 Å². The van der Waals surface area contributed by atoms with Gasteiger partial charge in [-0.3, -0.25) is 20.1 Å². The van der Waals surface area contributed by atoms with Crippen molar-refractivity contribution in [3.8, 4) is 39.8 Å². The summed E-state index contributed by atoms with van der Waals surface area (Å²) in [4.78, 5) is 21.0. The summed E-state index contributed by atoms with van der Waals surface area (Å²) < 4.78 is 14.0. The van der Waals surface area contributed by atoms with Crippen LogP contribution in [0.2, 0.25) is 0 Å². The molecule has 0 fully saturated rings. The van der Waals surface area contributed by atoms with Crippen LogP contribution in [0.4, 0.5) is 4.39 Å². The van der Waals surface area contributed by atoms with Crippen molar-refractivity contribution in [1.82, 2.24) is 35.1 Å². The van der Waals surface area contributed by atoms with E-state index in [0.29, 0.717) is 39.5 Å². The Kier molecular flexibility index (Phi) is 4.16. The van der Waals surface area contributed by atoms with E-state index in [1.807, 2.05) is 25.1 Å². The molecule has 9 heteroatoms. The Hall–Kier alpha value is -4.66. The lowest BCUT2D eigenvalue weighted by molar-refractivity contribution is 0.473. The molecule has 160 valence electrons. The average Bonchev–Trinajstić information content (AvgIpc) is 3.41. The summed E-state index contributed by atoms with van der Waals surface area (Å²) in [5, 5.41) is 18.0. The molecule has 0 spiro atoms. The van der Waals surface area contributed by atoms with Gasteiger partial charge < -0.3 is 10.1 Å². The van der Waals surface area contributed by atoms with Crippen LogP contribution in [0.3, 0.4) is 0 Å². The maximum Gasteiger partial charge on any atom is 0.159 e. The lowest BCUT2D eigenvalue weighted by Gasteiger charge is -2.03. The monoisotopic (exact) mass is 437 g/mol. The number of nitrogens with one attached hydrogen (secondary N) is 2. The predicted octanol–water partition coefficient (Wildman–Crippen LogP) is 4.78. The lowest BCUT2D eigenvalue weighted by atomic mass is 10.1. The first-order valence-electron chi connectivity index (χ1n) is 10.2. The van der Waals surface area contributed by atoms with Crippen molar-refractivity contribution in [2.75, 3.05) is 0 Å². The fourth-order valence-electron chi connectivity index (χ4n) is 3.95. The van der Waals surface area contributed by atoms with Gasteiger partial charge in [0.25, 0.3) is 0 Å². The molecule has 8 nitrogen and oxygen atoms in total. The van der Waals surface area contributed by atoms with Crippen LogP contribution in [0.5, 0.6) is 5.75 Å². The minimum absolute atomic E-state index is 0.0618. The molecule has 0 bridgehead atoms. The van der Waals surface area contributed by atoms with Gasteiger partial charge in [-0.05, 0) is 48.9 Å². The number of aryl methyl sites for hydroxylation is 1. The van der Waals surface area contributed by atoms with Gasteiger partial charge in [0.2, 0.25) is 0 Å². The third kappa shape index (κ3) is 3.26. The molecule has 0 saturated carbocycles. The third-order valence-corrected chi connectivity index (χ3v) is 5.41. The van der Waals surface area contributed by atoms with Gasteiger partial charge in [-0.1, -0.05) is 0 Å². The normalized spacial score (nSPS) is 11.5. The minimum Gasteiger partial charge on any atom is -0.506 e. The molecule has 33 heavy (non-hydrogen) atoms. The molecule has 0 aliphatic carbocycles. The third-order valence-electron chi connectivity index (χ3n) is 5.41. The highest BCUT2D eigenvalue weighted by Crippen LogP contribution is 2.32. The molecule has 5 aromatic heterocycles. The molecule has 0 saturated heterocycles. The van der Waals surface area contributed by atoms with Crippen LogP contribution >= 0.6 is 0 Å². The highest BCUT2D eigenvalue weighted by atomic mass is 19.1.